The van der Waals surface area contributed by atoms with Crippen molar-refractivity contribution in [2.24, 2.45) is 10.9 Å². The van der Waals surface area contributed by atoms with Crippen LogP contribution in [0.4, 0.5) is 0 Å². The molecule has 2 rings (SSSR count). The van der Waals surface area contributed by atoms with E-state index in [1.54, 1.807) is 0 Å². The average Bonchev–Trinajstić information content (AvgIpc) is 3.32. The molecule has 1 aliphatic rings. The molecular formula is C18H30IN3O. The lowest BCUT2D eigenvalue weighted by molar-refractivity contribution is 0.131. The van der Waals surface area contributed by atoms with Gasteiger partial charge in [-0.3, -0.25) is 4.99 Å². The van der Waals surface area contributed by atoms with Crippen molar-refractivity contribution >= 4 is 29.9 Å². The van der Waals surface area contributed by atoms with Crippen molar-refractivity contribution in [2.45, 2.75) is 33.2 Å². The quantitative estimate of drug-likeness (QED) is 0.297. The summed E-state index contributed by atoms with van der Waals surface area (Å²) in [7, 11) is 2.08. The van der Waals surface area contributed by atoms with Crippen LogP contribution >= 0.6 is 24.0 Å². The Hall–Kier alpha value is -0.820. The van der Waals surface area contributed by atoms with Crippen LogP contribution in [-0.4, -0.2) is 44.2 Å². The average molecular weight is 431 g/mol. The summed E-state index contributed by atoms with van der Waals surface area (Å²) in [5, 5.41) is 3.35. The van der Waals surface area contributed by atoms with Gasteiger partial charge in [0.05, 0.1) is 13.2 Å². The van der Waals surface area contributed by atoms with Crippen molar-refractivity contribution in [3.05, 3.63) is 35.4 Å². The van der Waals surface area contributed by atoms with Gasteiger partial charge in [-0.15, -0.1) is 24.0 Å². The molecule has 1 fully saturated rings. The van der Waals surface area contributed by atoms with Gasteiger partial charge >= 0.3 is 0 Å². The van der Waals surface area contributed by atoms with Crippen molar-refractivity contribution in [1.29, 1.82) is 0 Å². The first kappa shape index (κ1) is 20.2. The molecule has 23 heavy (non-hydrogen) atoms. The van der Waals surface area contributed by atoms with E-state index in [1.807, 2.05) is 0 Å². The van der Waals surface area contributed by atoms with Gasteiger partial charge in [0.25, 0.3) is 0 Å². The van der Waals surface area contributed by atoms with E-state index in [9.17, 15) is 0 Å². The fourth-order valence-electron chi connectivity index (χ4n) is 2.34. The standard InChI is InChI=1S/C18H29N3O.HI/c1-4-19-18(20-11-12-22-14-16-9-10-16)21(3)13-17-8-6-5-7-15(17)2;/h5-8,16H,4,9-14H2,1-3H3,(H,19,20);1H. The van der Waals surface area contributed by atoms with Crippen molar-refractivity contribution in [2.75, 3.05) is 33.4 Å². The van der Waals surface area contributed by atoms with E-state index in [4.69, 9.17) is 4.74 Å². The summed E-state index contributed by atoms with van der Waals surface area (Å²) < 4.78 is 5.65. The Morgan fingerprint density at radius 2 is 2.09 bits per heavy atom. The van der Waals surface area contributed by atoms with Gasteiger partial charge in [-0.05, 0) is 43.7 Å². The third kappa shape index (κ3) is 7.52. The SMILES string of the molecule is CCNC(=NCCOCC1CC1)N(C)Cc1ccccc1C.I. The molecule has 5 heteroatoms. The van der Waals surface area contributed by atoms with Crippen LogP contribution in [0, 0.1) is 12.8 Å². The molecule has 0 spiro atoms. The molecule has 0 unspecified atom stereocenters. The van der Waals surface area contributed by atoms with Crippen LogP contribution < -0.4 is 5.32 Å². The zero-order valence-corrected chi connectivity index (χ0v) is 16.9. The predicted molar refractivity (Wildman–Crippen MR) is 108 cm³/mol. The second-order valence-corrected chi connectivity index (χ2v) is 6.04. The third-order valence-electron chi connectivity index (χ3n) is 3.91. The largest absolute Gasteiger partial charge is 0.379 e. The van der Waals surface area contributed by atoms with Crippen LogP contribution in [0.15, 0.2) is 29.3 Å². The van der Waals surface area contributed by atoms with Gasteiger partial charge in [0.2, 0.25) is 0 Å². The van der Waals surface area contributed by atoms with Crippen LogP contribution in [0.1, 0.15) is 30.9 Å². The maximum Gasteiger partial charge on any atom is 0.194 e. The predicted octanol–water partition coefficient (Wildman–Crippen LogP) is 3.44. The molecule has 0 radical (unpaired) electrons. The second kappa shape index (κ2) is 10.9. The highest BCUT2D eigenvalue weighted by atomic mass is 127. The number of aryl methyl sites for hydroxylation is 1. The molecule has 1 aromatic carbocycles. The summed E-state index contributed by atoms with van der Waals surface area (Å²) in [6.07, 6.45) is 2.68. The first-order valence-corrected chi connectivity index (χ1v) is 8.32. The van der Waals surface area contributed by atoms with Crippen molar-refractivity contribution < 1.29 is 4.74 Å². The minimum atomic E-state index is 0. The van der Waals surface area contributed by atoms with E-state index in [-0.39, 0.29) is 24.0 Å². The maximum absolute atomic E-state index is 5.65. The number of guanidine groups is 1. The fourth-order valence-corrected chi connectivity index (χ4v) is 2.34. The lowest BCUT2D eigenvalue weighted by atomic mass is 10.1. The Kier molecular flexibility index (Phi) is 9.55. The zero-order chi connectivity index (χ0) is 15.8. The molecule has 1 aromatic rings. The van der Waals surface area contributed by atoms with Crippen LogP contribution in [0.5, 0.6) is 0 Å². The fraction of sp³-hybridized carbons (Fsp3) is 0.611. The Bertz CT molecular complexity index is 489. The second-order valence-electron chi connectivity index (χ2n) is 6.04. The summed E-state index contributed by atoms with van der Waals surface area (Å²) in [5.74, 6) is 1.77. The van der Waals surface area contributed by atoms with Crippen LogP contribution in [0.3, 0.4) is 0 Å². The van der Waals surface area contributed by atoms with Crippen molar-refractivity contribution in [3.8, 4) is 0 Å². The van der Waals surface area contributed by atoms with E-state index >= 15 is 0 Å². The molecule has 4 nitrogen and oxygen atoms in total. The smallest absolute Gasteiger partial charge is 0.194 e. The topological polar surface area (TPSA) is 36.9 Å². The summed E-state index contributed by atoms with van der Waals surface area (Å²) in [6, 6.07) is 8.49. The Labute approximate surface area is 157 Å². The molecule has 0 saturated heterocycles. The molecule has 0 heterocycles. The summed E-state index contributed by atoms with van der Waals surface area (Å²) in [5.41, 5.74) is 2.65. The van der Waals surface area contributed by atoms with Gasteiger partial charge in [-0.2, -0.15) is 0 Å². The first-order valence-electron chi connectivity index (χ1n) is 8.32. The number of rotatable bonds is 8. The van der Waals surface area contributed by atoms with E-state index in [2.05, 4.69) is 60.4 Å². The van der Waals surface area contributed by atoms with Crippen molar-refractivity contribution in [3.63, 3.8) is 0 Å². The zero-order valence-electron chi connectivity index (χ0n) is 14.5. The Balaban J connectivity index is 0.00000264. The number of hydrogen-bond donors (Lipinski definition) is 1. The number of halogens is 1. The van der Waals surface area contributed by atoms with Gasteiger partial charge < -0.3 is 15.0 Å². The highest BCUT2D eigenvalue weighted by molar-refractivity contribution is 14.0. The minimum Gasteiger partial charge on any atom is -0.379 e. The Morgan fingerprint density at radius 3 is 2.74 bits per heavy atom. The lowest BCUT2D eigenvalue weighted by Gasteiger charge is -2.23. The number of hydrogen-bond acceptors (Lipinski definition) is 2. The van der Waals surface area contributed by atoms with Gasteiger partial charge in [0, 0.05) is 26.7 Å². The van der Waals surface area contributed by atoms with Gasteiger partial charge in [0.1, 0.15) is 0 Å². The molecule has 0 amide bonds. The molecule has 0 atom stereocenters. The number of benzene rings is 1. The summed E-state index contributed by atoms with van der Waals surface area (Å²) in [6.45, 7) is 8.32. The molecule has 0 bridgehead atoms. The van der Waals surface area contributed by atoms with E-state index in [1.165, 1.54) is 24.0 Å². The number of aliphatic imine (C=N–C) groups is 1. The normalized spacial score (nSPS) is 14.3. The Morgan fingerprint density at radius 1 is 1.35 bits per heavy atom. The van der Waals surface area contributed by atoms with Crippen LogP contribution in [-0.2, 0) is 11.3 Å². The van der Waals surface area contributed by atoms with Gasteiger partial charge in [-0.1, -0.05) is 24.3 Å². The summed E-state index contributed by atoms with van der Waals surface area (Å²) >= 11 is 0. The molecule has 1 N–H and O–H groups in total. The highest BCUT2D eigenvalue weighted by Gasteiger charge is 2.20. The van der Waals surface area contributed by atoms with E-state index in [0.29, 0.717) is 13.2 Å². The number of nitrogens with zero attached hydrogens (tertiary/aromatic N) is 2. The molecule has 1 saturated carbocycles. The van der Waals surface area contributed by atoms with Gasteiger partial charge in [-0.25, -0.2) is 0 Å². The highest BCUT2D eigenvalue weighted by Crippen LogP contribution is 2.28. The molecule has 130 valence electrons. The summed E-state index contributed by atoms with van der Waals surface area (Å²) in [4.78, 5) is 6.84. The molecular weight excluding hydrogens is 401 g/mol. The monoisotopic (exact) mass is 431 g/mol. The molecule has 0 aliphatic heterocycles. The van der Waals surface area contributed by atoms with E-state index < -0.39 is 0 Å². The number of nitrogens with one attached hydrogen (secondary N) is 1. The van der Waals surface area contributed by atoms with Crippen LogP contribution in [0.25, 0.3) is 0 Å². The van der Waals surface area contributed by atoms with Gasteiger partial charge in [0.15, 0.2) is 5.96 Å². The van der Waals surface area contributed by atoms with Crippen LogP contribution in [0.2, 0.25) is 0 Å². The third-order valence-corrected chi connectivity index (χ3v) is 3.91. The lowest BCUT2D eigenvalue weighted by Crippen LogP contribution is -2.38. The number of ether oxygens (including phenoxy) is 1. The molecule has 0 aromatic heterocycles. The first-order chi connectivity index (χ1) is 10.7. The van der Waals surface area contributed by atoms with E-state index in [0.717, 1.165) is 31.6 Å². The maximum atomic E-state index is 5.65. The molecule has 1 aliphatic carbocycles. The van der Waals surface area contributed by atoms with Crippen molar-refractivity contribution in [1.82, 2.24) is 10.2 Å². The minimum absolute atomic E-state index is 0.